The fourth-order valence-corrected chi connectivity index (χ4v) is 2.58. The van der Waals surface area contributed by atoms with Crippen molar-refractivity contribution >= 4 is 15.9 Å². The van der Waals surface area contributed by atoms with E-state index in [4.69, 9.17) is 0 Å². The van der Waals surface area contributed by atoms with Gasteiger partial charge in [0.2, 0.25) is 0 Å². The number of hydrogen-bond donors (Lipinski definition) is 1. The molecule has 0 bridgehead atoms. The van der Waals surface area contributed by atoms with Gasteiger partial charge in [0.1, 0.15) is 10.3 Å². The molecule has 1 aromatic carbocycles. The molecular weight excluding hydrogens is 316 g/mol. The lowest BCUT2D eigenvalue weighted by Gasteiger charge is -2.24. The van der Waals surface area contributed by atoms with Crippen molar-refractivity contribution in [2.24, 2.45) is 0 Å². The number of aryl methyl sites for hydroxylation is 1. The van der Waals surface area contributed by atoms with E-state index in [-0.39, 0.29) is 11.0 Å². The second kappa shape index (κ2) is 5.92. The van der Waals surface area contributed by atoms with Gasteiger partial charge in [-0.15, -0.1) is 0 Å². The Balaban J connectivity index is 2.55. The molecule has 0 aliphatic rings. The molecule has 0 amide bonds. The molecule has 0 radical (unpaired) electrons. The average molecular weight is 335 g/mol. The first-order valence-electron chi connectivity index (χ1n) is 6.81. The van der Waals surface area contributed by atoms with Gasteiger partial charge in [-0.25, -0.2) is 4.98 Å². The maximum Gasteiger partial charge on any atom is 0.265 e. The Hall–Kier alpha value is -1.42. The molecule has 0 fully saturated rings. The summed E-state index contributed by atoms with van der Waals surface area (Å²) < 4.78 is 0.548. The van der Waals surface area contributed by atoms with Crippen LogP contribution in [0.1, 0.15) is 44.3 Å². The maximum atomic E-state index is 12.1. The third-order valence-corrected chi connectivity index (χ3v) is 4.32. The van der Waals surface area contributed by atoms with Crippen molar-refractivity contribution in [3.63, 3.8) is 0 Å². The number of aromatic nitrogens is 2. The van der Waals surface area contributed by atoms with Crippen molar-refractivity contribution in [1.82, 2.24) is 9.97 Å². The Bertz CT molecular complexity index is 647. The molecule has 2 rings (SSSR count). The molecule has 106 valence electrons. The number of nitrogens with zero attached hydrogens (tertiary/aromatic N) is 1. The minimum Gasteiger partial charge on any atom is -0.309 e. The minimum atomic E-state index is -0.330. The lowest BCUT2D eigenvalue weighted by molar-refractivity contribution is 0.579. The van der Waals surface area contributed by atoms with E-state index >= 15 is 0 Å². The van der Waals surface area contributed by atoms with E-state index in [1.165, 1.54) is 0 Å². The van der Waals surface area contributed by atoms with E-state index in [1.54, 1.807) is 0 Å². The van der Waals surface area contributed by atoms with Gasteiger partial charge in [0.15, 0.2) is 0 Å². The summed E-state index contributed by atoms with van der Waals surface area (Å²) >= 11 is 3.33. The van der Waals surface area contributed by atoms with E-state index in [2.05, 4.69) is 58.8 Å². The molecule has 1 aromatic heterocycles. The summed E-state index contributed by atoms with van der Waals surface area (Å²) in [6.07, 6.45) is 1.75. The van der Waals surface area contributed by atoms with Gasteiger partial charge in [0, 0.05) is 5.41 Å². The van der Waals surface area contributed by atoms with Crippen molar-refractivity contribution in [2.45, 2.75) is 39.0 Å². The zero-order valence-electron chi connectivity index (χ0n) is 12.0. The summed E-state index contributed by atoms with van der Waals surface area (Å²) in [5.74, 6) is 0.709. The van der Waals surface area contributed by atoms with Crippen LogP contribution in [0.2, 0.25) is 0 Å². The number of H-pyrrole nitrogens is 1. The fraction of sp³-hybridized carbons (Fsp3) is 0.375. The van der Waals surface area contributed by atoms with Crippen LogP contribution in [-0.4, -0.2) is 9.97 Å². The quantitative estimate of drug-likeness (QED) is 0.923. The predicted molar refractivity (Wildman–Crippen MR) is 85.1 cm³/mol. The Labute approximate surface area is 127 Å². The molecule has 0 atom stereocenters. The summed E-state index contributed by atoms with van der Waals surface area (Å²) in [4.78, 5) is 19.6. The van der Waals surface area contributed by atoms with Gasteiger partial charge in [-0.2, -0.15) is 0 Å². The molecule has 4 heteroatoms. The molecular formula is C16H19BrN2O. The van der Waals surface area contributed by atoms with Crippen molar-refractivity contribution in [2.75, 3.05) is 0 Å². The lowest BCUT2D eigenvalue weighted by atomic mass is 9.83. The molecule has 0 aliphatic heterocycles. The standard InChI is InChI=1S/C16H19BrN2O/c1-4-8-12-13(17)14(20)19-15(18-12)16(2,3)11-9-6-5-7-10-11/h5-7,9-10H,4,8H2,1-3H3,(H,18,19,20). The van der Waals surface area contributed by atoms with E-state index in [1.807, 2.05) is 18.2 Å². The molecule has 2 aromatic rings. The van der Waals surface area contributed by atoms with Crippen LogP contribution in [-0.2, 0) is 11.8 Å². The highest BCUT2D eigenvalue weighted by molar-refractivity contribution is 9.10. The molecule has 1 N–H and O–H groups in total. The topological polar surface area (TPSA) is 45.8 Å². The molecule has 0 saturated carbocycles. The van der Waals surface area contributed by atoms with Crippen LogP contribution in [0.15, 0.2) is 39.6 Å². The van der Waals surface area contributed by atoms with Crippen LogP contribution in [0.5, 0.6) is 0 Å². The van der Waals surface area contributed by atoms with Gasteiger partial charge in [0.25, 0.3) is 5.56 Å². The number of hydrogen-bond acceptors (Lipinski definition) is 2. The summed E-state index contributed by atoms with van der Waals surface area (Å²) in [6, 6.07) is 10.1. The Morgan fingerprint density at radius 2 is 1.90 bits per heavy atom. The second-order valence-corrected chi connectivity index (χ2v) is 6.21. The molecule has 0 spiro atoms. The predicted octanol–water partition coefficient (Wildman–Crippen LogP) is 3.81. The van der Waals surface area contributed by atoms with Crippen LogP contribution in [0.25, 0.3) is 0 Å². The van der Waals surface area contributed by atoms with Crippen LogP contribution in [0, 0.1) is 0 Å². The second-order valence-electron chi connectivity index (χ2n) is 5.42. The van der Waals surface area contributed by atoms with Crippen molar-refractivity contribution in [3.05, 3.63) is 62.2 Å². The Kier molecular flexibility index (Phi) is 4.43. The SMILES string of the molecule is CCCc1nc(C(C)(C)c2ccccc2)[nH]c(=O)c1Br. The monoisotopic (exact) mass is 334 g/mol. The minimum absolute atomic E-state index is 0.109. The van der Waals surface area contributed by atoms with Crippen molar-refractivity contribution < 1.29 is 0 Å². The highest BCUT2D eigenvalue weighted by Gasteiger charge is 2.26. The summed E-state index contributed by atoms with van der Waals surface area (Å²) in [6.45, 7) is 6.23. The summed E-state index contributed by atoms with van der Waals surface area (Å²) in [5.41, 5.74) is 1.52. The molecule has 1 heterocycles. The van der Waals surface area contributed by atoms with Gasteiger partial charge in [-0.1, -0.05) is 43.7 Å². The van der Waals surface area contributed by atoms with Crippen molar-refractivity contribution in [1.29, 1.82) is 0 Å². The van der Waals surface area contributed by atoms with E-state index in [0.717, 1.165) is 24.1 Å². The smallest absolute Gasteiger partial charge is 0.265 e. The number of aromatic amines is 1. The zero-order chi connectivity index (χ0) is 14.8. The molecule has 0 aliphatic carbocycles. The fourth-order valence-electron chi connectivity index (χ4n) is 2.20. The molecule has 3 nitrogen and oxygen atoms in total. The zero-order valence-corrected chi connectivity index (χ0v) is 13.6. The number of rotatable bonds is 4. The van der Waals surface area contributed by atoms with Crippen LogP contribution in [0.3, 0.4) is 0 Å². The first-order valence-corrected chi connectivity index (χ1v) is 7.60. The highest BCUT2D eigenvalue weighted by Crippen LogP contribution is 2.29. The Morgan fingerprint density at radius 3 is 2.50 bits per heavy atom. The highest BCUT2D eigenvalue weighted by atomic mass is 79.9. The van der Waals surface area contributed by atoms with E-state index in [9.17, 15) is 4.79 Å². The van der Waals surface area contributed by atoms with Gasteiger partial charge in [-0.3, -0.25) is 4.79 Å². The third kappa shape index (κ3) is 2.85. The van der Waals surface area contributed by atoms with Gasteiger partial charge >= 0.3 is 0 Å². The van der Waals surface area contributed by atoms with Crippen LogP contribution >= 0.6 is 15.9 Å². The number of benzene rings is 1. The van der Waals surface area contributed by atoms with Crippen LogP contribution in [0.4, 0.5) is 0 Å². The first kappa shape index (κ1) is 15.0. The number of halogens is 1. The molecule has 0 unspecified atom stereocenters. The number of nitrogens with one attached hydrogen (secondary N) is 1. The normalized spacial score (nSPS) is 11.6. The van der Waals surface area contributed by atoms with Crippen molar-refractivity contribution in [3.8, 4) is 0 Å². The molecule has 20 heavy (non-hydrogen) atoms. The average Bonchev–Trinajstić information content (AvgIpc) is 2.44. The van der Waals surface area contributed by atoms with Gasteiger partial charge in [0.05, 0.1) is 5.69 Å². The largest absolute Gasteiger partial charge is 0.309 e. The maximum absolute atomic E-state index is 12.1. The first-order chi connectivity index (χ1) is 9.46. The van der Waals surface area contributed by atoms with Gasteiger partial charge < -0.3 is 4.98 Å². The summed E-state index contributed by atoms with van der Waals surface area (Å²) in [5, 5.41) is 0. The van der Waals surface area contributed by atoms with Gasteiger partial charge in [-0.05, 0) is 41.8 Å². The summed E-state index contributed by atoms with van der Waals surface area (Å²) in [7, 11) is 0. The Morgan fingerprint density at radius 1 is 1.25 bits per heavy atom. The van der Waals surface area contributed by atoms with E-state index < -0.39 is 0 Å². The van der Waals surface area contributed by atoms with E-state index in [0.29, 0.717) is 10.3 Å². The van der Waals surface area contributed by atoms with Crippen LogP contribution < -0.4 is 5.56 Å². The third-order valence-electron chi connectivity index (χ3n) is 3.51. The lowest BCUT2D eigenvalue weighted by Crippen LogP contribution is -2.27. The molecule has 0 saturated heterocycles.